The van der Waals surface area contributed by atoms with Gasteiger partial charge in [-0.3, -0.25) is 19.2 Å². The lowest BCUT2D eigenvalue weighted by Gasteiger charge is -2.19. The maximum atomic E-state index is 12.7. The van der Waals surface area contributed by atoms with Crippen molar-refractivity contribution in [1.82, 2.24) is 5.32 Å². The maximum absolute atomic E-state index is 12.7. The number of hydrogen-bond acceptors (Lipinski definition) is 4. The standard InChI is InChI=1S/C22H32N2O4/c1-13(2)10-17-6-8-18(9-7-17)14(3)20(26)11-19(12-21(23)27)22(28)24-15(4)16(5)25/h6-9,13-15,19H,10-12H2,1-5H3,(H2,23,27)(H,24,28)/t14?,15-,19+/m0/s1. The molecular weight excluding hydrogens is 356 g/mol. The van der Waals surface area contributed by atoms with Crippen molar-refractivity contribution in [2.24, 2.45) is 17.6 Å². The molecule has 0 saturated carbocycles. The highest BCUT2D eigenvalue weighted by Gasteiger charge is 2.28. The van der Waals surface area contributed by atoms with E-state index < -0.39 is 29.7 Å². The molecule has 0 fully saturated rings. The van der Waals surface area contributed by atoms with E-state index in [4.69, 9.17) is 5.73 Å². The average molecular weight is 389 g/mol. The van der Waals surface area contributed by atoms with E-state index in [-0.39, 0.29) is 24.4 Å². The number of rotatable bonds is 11. The molecule has 0 aliphatic heterocycles. The highest BCUT2D eigenvalue weighted by atomic mass is 16.2. The number of benzene rings is 1. The Kier molecular flexibility index (Phi) is 9.03. The summed E-state index contributed by atoms with van der Waals surface area (Å²) in [4.78, 5) is 47.8. The second-order valence-corrected chi connectivity index (χ2v) is 7.94. The van der Waals surface area contributed by atoms with Crippen LogP contribution in [0.4, 0.5) is 0 Å². The van der Waals surface area contributed by atoms with Crippen LogP contribution in [0.3, 0.4) is 0 Å². The van der Waals surface area contributed by atoms with Crippen LogP contribution in [0.5, 0.6) is 0 Å². The van der Waals surface area contributed by atoms with Crippen molar-refractivity contribution in [1.29, 1.82) is 0 Å². The van der Waals surface area contributed by atoms with Gasteiger partial charge in [0.25, 0.3) is 0 Å². The predicted octanol–water partition coefficient (Wildman–Crippen LogP) is 2.53. The lowest BCUT2D eigenvalue weighted by Crippen LogP contribution is -2.42. The molecule has 0 bridgehead atoms. The van der Waals surface area contributed by atoms with Gasteiger partial charge in [-0.1, -0.05) is 45.0 Å². The molecule has 0 aliphatic rings. The molecule has 6 nitrogen and oxygen atoms in total. The molecule has 2 amide bonds. The lowest BCUT2D eigenvalue weighted by molar-refractivity contribution is -0.134. The van der Waals surface area contributed by atoms with Crippen LogP contribution in [0.15, 0.2) is 24.3 Å². The van der Waals surface area contributed by atoms with E-state index in [1.54, 1.807) is 13.8 Å². The summed E-state index contributed by atoms with van der Waals surface area (Å²) < 4.78 is 0. The Morgan fingerprint density at radius 3 is 2.00 bits per heavy atom. The molecule has 1 aromatic carbocycles. The molecule has 1 unspecified atom stereocenters. The second-order valence-electron chi connectivity index (χ2n) is 7.94. The van der Waals surface area contributed by atoms with Gasteiger partial charge in [-0.15, -0.1) is 0 Å². The lowest BCUT2D eigenvalue weighted by atomic mass is 9.87. The van der Waals surface area contributed by atoms with Gasteiger partial charge in [-0.25, -0.2) is 0 Å². The van der Waals surface area contributed by atoms with Crippen LogP contribution in [-0.4, -0.2) is 29.4 Å². The third-order valence-corrected chi connectivity index (χ3v) is 4.84. The zero-order valence-electron chi connectivity index (χ0n) is 17.5. The van der Waals surface area contributed by atoms with Gasteiger partial charge in [0.15, 0.2) is 5.78 Å². The van der Waals surface area contributed by atoms with Crippen LogP contribution in [-0.2, 0) is 25.6 Å². The number of carbonyl (C=O) groups excluding carboxylic acids is 4. The van der Waals surface area contributed by atoms with Gasteiger partial charge in [0.2, 0.25) is 11.8 Å². The van der Waals surface area contributed by atoms with E-state index in [0.717, 1.165) is 12.0 Å². The number of Topliss-reactive ketones (excluding diaryl/α,β-unsaturated/α-hetero) is 2. The third kappa shape index (κ3) is 7.62. The first-order chi connectivity index (χ1) is 13.0. The summed E-state index contributed by atoms with van der Waals surface area (Å²) in [6, 6.07) is 7.22. The third-order valence-electron chi connectivity index (χ3n) is 4.84. The quantitative estimate of drug-likeness (QED) is 0.607. The Labute approximate surface area is 167 Å². The minimum absolute atomic E-state index is 0.103. The molecule has 154 valence electrons. The summed E-state index contributed by atoms with van der Waals surface area (Å²) in [7, 11) is 0. The minimum Gasteiger partial charge on any atom is -0.370 e. The van der Waals surface area contributed by atoms with E-state index in [2.05, 4.69) is 19.2 Å². The number of carbonyl (C=O) groups is 4. The zero-order chi connectivity index (χ0) is 21.4. The van der Waals surface area contributed by atoms with Crippen LogP contribution in [0, 0.1) is 11.8 Å². The number of primary amides is 1. The zero-order valence-corrected chi connectivity index (χ0v) is 17.5. The summed E-state index contributed by atoms with van der Waals surface area (Å²) in [6.45, 7) is 9.01. The van der Waals surface area contributed by atoms with E-state index >= 15 is 0 Å². The monoisotopic (exact) mass is 388 g/mol. The summed E-state index contributed by atoms with van der Waals surface area (Å²) >= 11 is 0. The predicted molar refractivity (Wildman–Crippen MR) is 109 cm³/mol. The van der Waals surface area contributed by atoms with Crippen molar-refractivity contribution in [2.45, 2.75) is 65.8 Å². The van der Waals surface area contributed by atoms with Crippen molar-refractivity contribution in [3.8, 4) is 0 Å². The first-order valence-corrected chi connectivity index (χ1v) is 9.71. The van der Waals surface area contributed by atoms with Gasteiger partial charge < -0.3 is 11.1 Å². The molecule has 0 spiro atoms. The molecule has 0 radical (unpaired) electrons. The van der Waals surface area contributed by atoms with Crippen molar-refractivity contribution < 1.29 is 19.2 Å². The van der Waals surface area contributed by atoms with Crippen LogP contribution >= 0.6 is 0 Å². The van der Waals surface area contributed by atoms with Gasteiger partial charge in [0.05, 0.1) is 12.0 Å². The van der Waals surface area contributed by atoms with Gasteiger partial charge >= 0.3 is 0 Å². The topological polar surface area (TPSA) is 106 Å². The first-order valence-electron chi connectivity index (χ1n) is 9.71. The highest BCUT2D eigenvalue weighted by Crippen LogP contribution is 2.22. The molecule has 6 heteroatoms. The summed E-state index contributed by atoms with van der Waals surface area (Å²) in [5, 5.41) is 2.55. The molecule has 0 saturated heterocycles. The number of ketones is 2. The fourth-order valence-corrected chi connectivity index (χ4v) is 2.95. The van der Waals surface area contributed by atoms with Crippen LogP contribution in [0.2, 0.25) is 0 Å². The van der Waals surface area contributed by atoms with Crippen molar-refractivity contribution in [3.05, 3.63) is 35.4 Å². The van der Waals surface area contributed by atoms with E-state index in [1.807, 2.05) is 24.3 Å². The summed E-state index contributed by atoms with van der Waals surface area (Å²) in [6.07, 6.45) is 0.633. The molecule has 1 aromatic rings. The van der Waals surface area contributed by atoms with Crippen molar-refractivity contribution in [2.75, 3.05) is 0 Å². The normalized spacial score (nSPS) is 14.2. The Morgan fingerprint density at radius 2 is 1.54 bits per heavy atom. The minimum atomic E-state index is -0.880. The van der Waals surface area contributed by atoms with E-state index in [9.17, 15) is 19.2 Å². The number of nitrogens with two attached hydrogens (primary N) is 1. The summed E-state index contributed by atoms with van der Waals surface area (Å²) in [5.41, 5.74) is 7.32. The van der Waals surface area contributed by atoms with Crippen LogP contribution in [0.25, 0.3) is 0 Å². The van der Waals surface area contributed by atoms with Crippen LogP contribution < -0.4 is 11.1 Å². The first kappa shape index (κ1) is 23.5. The smallest absolute Gasteiger partial charge is 0.224 e. The van der Waals surface area contributed by atoms with Gasteiger partial charge in [-0.2, -0.15) is 0 Å². The number of hydrogen-bond donors (Lipinski definition) is 2. The molecule has 0 heterocycles. The SMILES string of the molecule is CC(=O)[C@H](C)NC(=O)[C@@H](CC(N)=O)CC(=O)C(C)c1ccc(CC(C)C)cc1. The summed E-state index contributed by atoms with van der Waals surface area (Å²) in [5.74, 6) is -2.24. The molecule has 1 rings (SSSR count). The maximum Gasteiger partial charge on any atom is 0.224 e. The van der Waals surface area contributed by atoms with E-state index in [0.29, 0.717) is 5.92 Å². The molecule has 28 heavy (non-hydrogen) atoms. The van der Waals surface area contributed by atoms with Crippen molar-refractivity contribution in [3.63, 3.8) is 0 Å². The Hall–Kier alpha value is -2.50. The van der Waals surface area contributed by atoms with Crippen molar-refractivity contribution >= 4 is 23.4 Å². The average Bonchev–Trinajstić information content (AvgIpc) is 2.60. The molecule has 0 aliphatic carbocycles. The number of nitrogens with one attached hydrogen (secondary N) is 1. The van der Waals surface area contributed by atoms with Gasteiger partial charge in [0, 0.05) is 18.8 Å². The fraction of sp³-hybridized carbons (Fsp3) is 0.545. The highest BCUT2D eigenvalue weighted by molar-refractivity contribution is 5.94. The Balaban J connectivity index is 2.84. The van der Waals surface area contributed by atoms with Gasteiger partial charge in [-0.05, 0) is 37.3 Å². The number of amides is 2. The molecule has 3 atom stereocenters. The van der Waals surface area contributed by atoms with E-state index in [1.165, 1.54) is 12.5 Å². The second kappa shape index (κ2) is 10.7. The Bertz CT molecular complexity index is 710. The largest absolute Gasteiger partial charge is 0.370 e. The van der Waals surface area contributed by atoms with Gasteiger partial charge in [0.1, 0.15) is 5.78 Å². The molecule has 0 aromatic heterocycles. The fourth-order valence-electron chi connectivity index (χ4n) is 2.95. The Morgan fingerprint density at radius 1 is 0.964 bits per heavy atom. The molecule has 3 N–H and O–H groups in total. The molecular formula is C22H32N2O4. The van der Waals surface area contributed by atoms with Crippen LogP contribution in [0.1, 0.15) is 64.5 Å².